The minimum absolute atomic E-state index is 0.0639. The van der Waals surface area contributed by atoms with E-state index < -0.39 is 10.0 Å². The Morgan fingerprint density at radius 1 is 0.966 bits per heavy atom. The molecule has 150 valence electrons. The average molecular weight is 410 g/mol. The van der Waals surface area contributed by atoms with Crippen LogP contribution >= 0.6 is 0 Å². The third-order valence-corrected chi connectivity index (χ3v) is 8.10. The molecule has 1 aliphatic carbocycles. The van der Waals surface area contributed by atoms with Gasteiger partial charge in [-0.25, -0.2) is 12.7 Å². The van der Waals surface area contributed by atoms with Gasteiger partial charge in [-0.3, -0.25) is 0 Å². The zero-order valence-corrected chi connectivity index (χ0v) is 16.9. The van der Waals surface area contributed by atoms with Crippen molar-refractivity contribution in [3.63, 3.8) is 0 Å². The third kappa shape index (κ3) is 3.60. The van der Waals surface area contributed by atoms with Gasteiger partial charge in [-0.15, -0.1) is 10.2 Å². The van der Waals surface area contributed by atoms with Gasteiger partial charge in [0.25, 0.3) is 0 Å². The van der Waals surface area contributed by atoms with Gasteiger partial charge in [0.2, 0.25) is 21.8 Å². The Hall–Kier alpha value is -2.51. The van der Waals surface area contributed by atoms with Crippen LogP contribution in [0, 0.1) is 5.41 Å². The van der Waals surface area contributed by atoms with E-state index in [9.17, 15) is 8.42 Å². The summed E-state index contributed by atoms with van der Waals surface area (Å²) in [5, 5.41) is 8.48. The summed E-state index contributed by atoms with van der Waals surface area (Å²) in [5.41, 5.74) is 1.86. The monoisotopic (exact) mass is 409 g/mol. The molecule has 2 fully saturated rings. The molecule has 29 heavy (non-hydrogen) atoms. The normalized spacial score (nSPS) is 21.3. The van der Waals surface area contributed by atoms with Crippen LogP contribution in [0.4, 0.5) is 0 Å². The van der Waals surface area contributed by atoms with Crippen molar-refractivity contribution < 1.29 is 12.8 Å². The third-order valence-electron chi connectivity index (χ3n) is 6.25. The fraction of sp³-hybridized carbons (Fsp3) is 0.364. The van der Waals surface area contributed by atoms with Crippen molar-refractivity contribution in [1.82, 2.24) is 14.5 Å². The topological polar surface area (TPSA) is 76.3 Å². The lowest BCUT2D eigenvalue weighted by Gasteiger charge is -2.31. The number of nitrogens with zero attached hydrogens (tertiary/aromatic N) is 3. The quantitative estimate of drug-likeness (QED) is 0.640. The number of piperidine rings is 1. The van der Waals surface area contributed by atoms with Crippen LogP contribution in [0.5, 0.6) is 0 Å². The van der Waals surface area contributed by atoms with Gasteiger partial charge in [-0.1, -0.05) is 48.5 Å². The van der Waals surface area contributed by atoms with E-state index in [1.54, 1.807) is 4.31 Å². The number of sulfonamides is 1. The molecule has 3 aromatic rings. The Balaban J connectivity index is 1.23. The first-order valence-corrected chi connectivity index (χ1v) is 11.6. The fourth-order valence-electron chi connectivity index (χ4n) is 4.41. The van der Waals surface area contributed by atoms with Gasteiger partial charge in [0.05, 0.1) is 5.75 Å². The second kappa shape index (κ2) is 7.07. The first kappa shape index (κ1) is 18.5. The molecule has 2 heterocycles. The molecule has 2 aliphatic rings. The van der Waals surface area contributed by atoms with Gasteiger partial charge in [0.15, 0.2) is 0 Å². The lowest BCUT2D eigenvalue weighted by molar-refractivity contribution is 0.246. The van der Waals surface area contributed by atoms with Crippen LogP contribution in [0.2, 0.25) is 0 Å². The summed E-state index contributed by atoms with van der Waals surface area (Å²) in [7, 11) is -3.29. The maximum atomic E-state index is 12.8. The molecule has 0 unspecified atom stereocenters. The van der Waals surface area contributed by atoms with Crippen molar-refractivity contribution in [3.8, 4) is 11.5 Å². The van der Waals surface area contributed by atoms with Crippen LogP contribution < -0.4 is 0 Å². The van der Waals surface area contributed by atoms with Crippen molar-refractivity contribution in [1.29, 1.82) is 0 Å². The van der Waals surface area contributed by atoms with Crippen LogP contribution in [0.15, 0.2) is 65.1 Å². The van der Waals surface area contributed by atoms with Gasteiger partial charge >= 0.3 is 0 Å². The first-order chi connectivity index (χ1) is 14.1. The molecule has 2 aromatic carbocycles. The Labute approximate surface area is 170 Å². The Bertz CT molecular complexity index is 1090. The number of hydrogen-bond acceptors (Lipinski definition) is 5. The maximum Gasteiger partial charge on any atom is 0.247 e. The maximum absolute atomic E-state index is 12.8. The highest BCUT2D eigenvalue weighted by atomic mass is 32.2. The van der Waals surface area contributed by atoms with Gasteiger partial charge in [-0.2, -0.15) is 0 Å². The summed E-state index contributed by atoms with van der Waals surface area (Å²) in [6, 6.07) is 19.1. The van der Waals surface area contributed by atoms with Gasteiger partial charge < -0.3 is 4.42 Å². The van der Waals surface area contributed by atoms with Gasteiger partial charge in [-0.05, 0) is 42.4 Å². The predicted octanol–water partition coefficient (Wildman–Crippen LogP) is 3.84. The molecule has 1 atom stereocenters. The smallest absolute Gasteiger partial charge is 0.247 e. The highest BCUT2D eigenvalue weighted by Gasteiger charge is 2.58. The van der Waals surface area contributed by atoms with E-state index in [2.05, 4.69) is 10.2 Å². The lowest BCUT2D eigenvalue weighted by atomic mass is 9.92. The van der Waals surface area contributed by atoms with Crippen LogP contribution in [-0.2, 0) is 15.8 Å². The number of benzene rings is 2. The van der Waals surface area contributed by atoms with E-state index in [0.717, 1.165) is 30.4 Å². The van der Waals surface area contributed by atoms with Crippen LogP contribution in [0.3, 0.4) is 0 Å². The molecule has 1 saturated heterocycles. The number of aromatic nitrogens is 2. The highest BCUT2D eigenvalue weighted by molar-refractivity contribution is 7.88. The van der Waals surface area contributed by atoms with Crippen LogP contribution in [-0.4, -0.2) is 36.0 Å². The second-order valence-corrected chi connectivity index (χ2v) is 10.0. The molecule has 0 bridgehead atoms. The average Bonchev–Trinajstić information content (AvgIpc) is 3.21. The molecule has 1 aliphatic heterocycles. The van der Waals surface area contributed by atoms with E-state index in [-0.39, 0.29) is 17.1 Å². The van der Waals surface area contributed by atoms with Crippen molar-refractivity contribution >= 4 is 10.0 Å². The zero-order chi connectivity index (χ0) is 19.9. The highest BCUT2D eigenvalue weighted by Crippen LogP contribution is 2.64. The first-order valence-electron chi connectivity index (χ1n) is 9.96. The largest absolute Gasteiger partial charge is 0.420 e. The molecule has 0 radical (unpaired) electrons. The van der Waals surface area contributed by atoms with Crippen LogP contribution in [0.25, 0.3) is 11.5 Å². The van der Waals surface area contributed by atoms with E-state index in [1.165, 1.54) is 0 Å². The molecule has 0 N–H and O–H groups in total. The van der Waals surface area contributed by atoms with E-state index in [0.29, 0.717) is 24.9 Å². The molecule has 5 rings (SSSR count). The molecule has 6 nitrogen and oxygen atoms in total. The van der Waals surface area contributed by atoms with Crippen molar-refractivity contribution in [3.05, 3.63) is 72.1 Å². The summed E-state index contributed by atoms with van der Waals surface area (Å²) in [6.07, 6.45) is 2.68. The van der Waals surface area contributed by atoms with Crippen molar-refractivity contribution in [2.24, 2.45) is 5.41 Å². The predicted molar refractivity (Wildman–Crippen MR) is 109 cm³/mol. The SMILES string of the molecule is O=S(=O)(Cc1ccccc1)N1CCC2(CC1)C[C@H]2c1nnc(-c2ccccc2)o1. The minimum atomic E-state index is -3.29. The molecule has 7 heteroatoms. The van der Waals surface area contributed by atoms with Gasteiger partial charge in [0, 0.05) is 24.6 Å². The van der Waals surface area contributed by atoms with E-state index in [1.807, 2.05) is 60.7 Å². The van der Waals surface area contributed by atoms with Crippen molar-refractivity contribution in [2.45, 2.75) is 30.9 Å². The molecule has 1 aromatic heterocycles. The summed E-state index contributed by atoms with van der Waals surface area (Å²) in [5.74, 6) is 1.54. The Morgan fingerprint density at radius 3 is 2.31 bits per heavy atom. The van der Waals surface area contributed by atoms with Crippen LogP contribution in [0.1, 0.15) is 36.6 Å². The van der Waals surface area contributed by atoms with Crippen molar-refractivity contribution in [2.75, 3.05) is 13.1 Å². The van der Waals surface area contributed by atoms with E-state index >= 15 is 0 Å². The number of rotatable bonds is 5. The van der Waals surface area contributed by atoms with Gasteiger partial charge in [0.1, 0.15) is 0 Å². The standard InChI is InChI=1S/C22H23N3O3S/c26-29(27,16-17-7-3-1-4-8-17)25-13-11-22(12-14-25)15-19(22)21-24-23-20(28-21)18-9-5-2-6-10-18/h1-10,19H,11-16H2/t19-/m0/s1. The number of hydrogen-bond donors (Lipinski definition) is 0. The lowest BCUT2D eigenvalue weighted by Crippen LogP contribution is -2.40. The molecule has 0 amide bonds. The fourth-order valence-corrected chi connectivity index (χ4v) is 5.94. The van der Waals surface area contributed by atoms with E-state index in [4.69, 9.17) is 4.42 Å². The second-order valence-electron chi connectivity index (χ2n) is 8.07. The summed E-state index contributed by atoms with van der Waals surface area (Å²) in [4.78, 5) is 0. The molecule has 1 saturated carbocycles. The summed E-state index contributed by atoms with van der Waals surface area (Å²) in [6.45, 7) is 1.12. The molecular weight excluding hydrogens is 386 g/mol. The Morgan fingerprint density at radius 2 is 1.62 bits per heavy atom. The molecule has 1 spiro atoms. The summed E-state index contributed by atoms with van der Waals surface area (Å²) >= 11 is 0. The zero-order valence-electron chi connectivity index (χ0n) is 16.1. The minimum Gasteiger partial charge on any atom is -0.420 e. The molecular formula is C22H23N3O3S. The summed E-state index contributed by atoms with van der Waals surface area (Å²) < 4.78 is 33.1. The Kier molecular flexibility index (Phi) is 4.52.